The zero-order chi connectivity index (χ0) is 16.4. The summed E-state index contributed by atoms with van der Waals surface area (Å²) in [6, 6.07) is 27.4. The van der Waals surface area contributed by atoms with Crippen LogP contribution in [0.3, 0.4) is 0 Å². The second-order valence-corrected chi connectivity index (χ2v) is 7.28. The molecule has 0 aliphatic heterocycles. The Morgan fingerprint density at radius 1 is 0.720 bits per heavy atom. The van der Waals surface area contributed by atoms with Gasteiger partial charge in [-0.15, -0.1) is 11.3 Å². The highest BCUT2D eigenvalue weighted by Crippen LogP contribution is 2.45. The summed E-state index contributed by atoms with van der Waals surface area (Å²) in [5.74, 6) is 0. The van der Waals surface area contributed by atoms with Crippen LogP contribution in [0, 0.1) is 0 Å². The summed E-state index contributed by atoms with van der Waals surface area (Å²) < 4.78 is 11.2. The molecule has 0 amide bonds. The fourth-order valence-corrected chi connectivity index (χ4v) is 4.93. The molecule has 0 saturated heterocycles. The van der Waals surface area contributed by atoms with Gasteiger partial charge in [-0.1, -0.05) is 48.5 Å². The molecule has 118 valence electrons. The van der Waals surface area contributed by atoms with Gasteiger partial charge < -0.3 is 4.42 Å². The van der Waals surface area contributed by atoms with Gasteiger partial charge in [-0.2, -0.15) is 0 Å². The molecule has 6 rings (SSSR count). The van der Waals surface area contributed by atoms with Gasteiger partial charge >= 0.3 is 0 Å². The van der Waals surface area contributed by atoms with Crippen LogP contribution in [-0.4, -0.2) is 4.57 Å². The number of benzene rings is 3. The molecule has 0 fully saturated rings. The Morgan fingerprint density at radius 3 is 2.32 bits per heavy atom. The monoisotopic (exact) mass is 339 g/mol. The number of para-hydroxylation sites is 2. The first-order valence-corrected chi connectivity index (χ1v) is 9.12. The third-order valence-electron chi connectivity index (χ3n) is 4.82. The van der Waals surface area contributed by atoms with Crippen molar-refractivity contribution in [3.8, 4) is 5.69 Å². The zero-order valence-corrected chi connectivity index (χ0v) is 14.1. The predicted octanol–water partition coefficient (Wildman–Crippen LogP) is 6.74. The molecule has 6 aromatic rings. The summed E-state index contributed by atoms with van der Waals surface area (Å²) in [7, 11) is 0. The van der Waals surface area contributed by atoms with Crippen molar-refractivity contribution in [1.82, 2.24) is 4.57 Å². The smallest absolute Gasteiger partial charge is 0.214 e. The van der Waals surface area contributed by atoms with Gasteiger partial charge in [0.1, 0.15) is 0 Å². The van der Waals surface area contributed by atoms with Crippen LogP contribution in [0.5, 0.6) is 0 Å². The fourth-order valence-electron chi connectivity index (χ4n) is 3.75. The van der Waals surface area contributed by atoms with Crippen molar-refractivity contribution in [2.45, 2.75) is 0 Å². The van der Waals surface area contributed by atoms with Crippen molar-refractivity contribution < 1.29 is 4.42 Å². The molecule has 0 saturated carbocycles. The van der Waals surface area contributed by atoms with Crippen LogP contribution in [0.15, 0.2) is 83.3 Å². The van der Waals surface area contributed by atoms with Gasteiger partial charge in [0, 0.05) is 21.2 Å². The third-order valence-corrected chi connectivity index (χ3v) is 5.99. The highest BCUT2D eigenvalue weighted by Gasteiger charge is 2.21. The predicted molar refractivity (Wildman–Crippen MR) is 106 cm³/mol. The van der Waals surface area contributed by atoms with Gasteiger partial charge in [-0.3, -0.25) is 4.57 Å². The van der Waals surface area contributed by atoms with Crippen LogP contribution in [0.4, 0.5) is 0 Å². The minimum Gasteiger partial charge on any atom is -0.438 e. The quantitative estimate of drug-likeness (QED) is 0.324. The molecule has 0 radical (unpaired) electrons. The van der Waals surface area contributed by atoms with Gasteiger partial charge in [0.2, 0.25) is 5.71 Å². The number of hydrogen-bond donors (Lipinski definition) is 0. The summed E-state index contributed by atoms with van der Waals surface area (Å²) in [4.78, 5) is 0. The number of nitrogens with zero attached hydrogens (tertiary/aromatic N) is 1. The van der Waals surface area contributed by atoms with E-state index in [1.807, 2.05) is 17.4 Å². The van der Waals surface area contributed by atoms with Crippen LogP contribution in [-0.2, 0) is 0 Å². The normalized spacial score (nSPS) is 12.0. The summed E-state index contributed by atoms with van der Waals surface area (Å²) in [6.45, 7) is 0. The molecular formula is C22H13NOS. The van der Waals surface area contributed by atoms with Crippen molar-refractivity contribution in [1.29, 1.82) is 0 Å². The average Bonchev–Trinajstić information content (AvgIpc) is 3.29. The lowest BCUT2D eigenvalue weighted by Gasteiger charge is -2.05. The number of thiophene rings is 1. The summed E-state index contributed by atoms with van der Waals surface area (Å²) in [6.07, 6.45) is 0. The SMILES string of the molecule is c1ccc(-n2c3ccccc3c3c4sc5ccccc5c4oc32)cc1. The average molecular weight is 339 g/mol. The Bertz CT molecular complexity index is 1390. The molecule has 25 heavy (non-hydrogen) atoms. The van der Waals surface area contributed by atoms with E-state index in [9.17, 15) is 0 Å². The van der Waals surface area contributed by atoms with Crippen LogP contribution >= 0.6 is 11.3 Å². The molecule has 2 nitrogen and oxygen atoms in total. The van der Waals surface area contributed by atoms with E-state index < -0.39 is 0 Å². The second kappa shape index (κ2) is 4.74. The molecule has 0 aliphatic carbocycles. The highest BCUT2D eigenvalue weighted by atomic mass is 32.1. The second-order valence-electron chi connectivity index (χ2n) is 6.23. The van der Waals surface area contributed by atoms with E-state index in [1.54, 1.807) is 0 Å². The third kappa shape index (κ3) is 1.68. The Labute approximate surface area is 147 Å². The van der Waals surface area contributed by atoms with E-state index in [1.165, 1.54) is 31.1 Å². The van der Waals surface area contributed by atoms with Gasteiger partial charge in [-0.05, 0) is 30.3 Å². The molecule has 0 unspecified atom stereocenters. The molecule has 0 bridgehead atoms. The summed E-state index contributed by atoms with van der Waals surface area (Å²) in [5, 5.41) is 3.66. The fraction of sp³-hybridized carbons (Fsp3) is 0. The molecule has 3 aromatic heterocycles. The minimum absolute atomic E-state index is 0.930. The molecule has 3 aromatic carbocycles. The van der Waals surface area contributed by atoms with E-state index in [2.05, 4.69) is 77.4 Å². The molecule has 0 spiro atoms. The maximum atomic E-state index is 6.45. The van der Waals surface area contributed by atoms with Crippen molar-refractivity contribution in [2.75, 3.05) is 0 Å². The number of furan rings is 1. The van der Waals surface area contributed by atoms with Crippen molar-refractivity contribution in [3.63, 3.8) is 0 Å². The maximum Gasteiger partial charge on any atom is 0.214 e. The number of aromatic nitrogens is 1. The van der Waals surface area contributed by atoms with E-state index in [-0.39, 0.29) is 0 Å². The van der Waals surface area contributed by atoms with Crippen molar-refractivity contribution in [3.05, 3.63) is 78.9 Å². The zero-order valence-electron chi connectivity index (χ0n) is 13.3. The topological polar surface area (TPSA) is 18.1 Å². The number of fused-ring (bicyclic) bond motifs is 7. The lowest BCUT2D eigenvalue weighted by Crippen LogP contribution is -1.91. The highest BCUT2D eigenvalue weighted by molar-refractivity contribution is 7.26. The van der Waals surface area contributed by atoms with E-state index in [4.69, 9.17) is 4.42 Å². The Balaban J connectivity index is 1.88. The first-order chi connectivity index (χ1) is 12.4. The Kier molecular flexibility index (Phi) is 2.52. The molecular weight excluding hydrogens is 326 g/mol. The van der Waals surface area contributed by atoms with Gasteiger partial charge in [-0.25, -0.2) is 0 Å². The lowest BCUT2D eigenvalue weighted by atomic mass is 10.2. The van der Waals surface area contributed by atoms with E-state index >= 15 is 0 Å². The van der Waals surface area contributed by atoms with Crippen LogP contribution < -0.4 is 0 Å². The van der Waals surface area contributed by atoms with Gasteiger partial charge in [0.15, 0.2) is 5.58 Å². The minimum atomic E-state index is 0.930. The van der Waals surface area contributed by atoms with Crippen LogP contribution in [0.1, 0.15) is 0 Å². The van der Waals surface area contributed by atoms with Gasteiger partial charge in [0.05, 0.1) is 15.6 Å². The number of hydrogen-bond acceptors (Lipinski definition) is 2. The van der Waals surface area contributed by atoms with Crippen molar-refractivity contribution >= 4 is 53.7 Å². The van der Waals surface area contributed by atoms with Gasteiger partial charge in [0.25, 0.3) is 0 Å². The lowest BCUT2D eigenvalue weighted by molar-refractivity contribution is 0.649. The molecule has 0 N–H and O–H groups in total. The Morgan fingerprint density at radius 2 is 1.44 bits per heavy atom. The van der Waals surface area contributed by atoms with Crippen LogP contribution in [0.2, 0.25) is 0 Å². The summed E-state index contributed by atoms with van der Waals surface area (Å²) in [5.41, 5.74) is 4.24. The first-order valence-electron chi connectivity index (χ1n) is 8.30. The Hall–Kier alpha value is -3.04. The van der Waals surface area contributed by atoms with E-state index in [0.29, 0.717) is 0 Å². The van der Waals surface area contributed by atoms with E-state index in [0.717, 1.165) is 17.0 Å². The first kappa shape index (κ1) is 13.3. The molecule has 0 aliphatic rings. The largest absolute Gasteiger partial charge is 0.438 e. The number of rotatable bonds is 1. The molecule has 3 heteroatoms. The summed E-state index contributed by atoms with van der Waals surface area (Å²) >= 11 is 1.81. The van der Waals surface area contributed by atoms with Crippen LogP contribution in [0.25, 0.3) is 48.1 Å². The standard InChI is InChI=1S/C22H13NOS/c1-2-8-14(9-3-1)23-17-12-6-4-10-15(17)19-21-20(24-22(19)23)16-11-5-7-13-18(16)25-21/h1-13H. The van der Waals surface area contributed by atoms with Crippen molar-refractivity contribution in [2.24, 2.45) is 0 Å². The molecule has 3 heterocycles. The maximum absolute atomic E-state index is 6.45. The molecule has 0 atom stereocenters.